The molecular formula is C14H20ClN3O2. The van der Waals surface area contributed by atoms with E-state index in [1.807, 2.05) is 0 Å². The first-order valence-electron chi connectivity index (χ1n) is 6.91. The Kier molecular flexibility index (Phi) is 4.50. The second-order valence-electron chi connectivity index (χ2n) is 5.55. The number of halogens is 1. The van der Waals surface area contributed by atoms with Gasteiger partial charge in [-0.15, -0.1) is 0 Å². The molecule has 5 nitrogen and oxygen atoms in total. The summed E-state index contributed by atoms with van der Waals surface area (Å²) in [5.41, 5.74) is 6.54. The van der Waals surface area contributed by atoms with Crippen molar-refractivity contribution in [2.24, 2.45) is 11.7 Å². The van der Waals surface area contributed by atoms with Crippen LogP contribution in [0, 0.1) is 16.0 Å². The van der Waals surface area contributed by atoms with Crippen molar-refractivity contribution in [1.29, 1.82) is 0 Å². The van der Waals surface area contributed by atoms with E-state index in [4.69, 9.17) is 17.3 Å². The van der Waals surface area contributed by atoms with Crippen LogP contribution in [0.25, 0.3) is 0 Å². The summed E-state index contributed by atoms with van der Waals surface area (Å²) in [7, 11) is 0. The van der Waals surface area contributed by atoms with Gasteiger partial charge in [0, 0.05) is 18.7 Å². The molecule has 20 heavy (non-hydrogen) atoms. The Morgan fingerprint density at radius 2 is 2.30 bits per heavy atom. The van der Waals surface area contributed by atoms with Crippen LogP contribution in [0.4, 0.5) is 11.4 Å². The summed E-state index contributed by atoms with van der Waals surface area (Å²) in [6.45, 7) is 2.72. The number of nitro groups is 1. The Hall–Kier alpha value is -1.33. The van der Waals surface area contributed by atoms with Gasteiger partial charge in [0.1, 0.15) is 0 Å². The highest BCUT2D eigenvalue weighted by Gasteiger charge is 2.37. The van der Waals surface area contributed by atoms with Crippen molar-refractivity contribution in [2.75, 3.05) is 11.9 Å². The lowest BCUT2D eigenvalue weighted by Crippen LogP contribution is -2.52. The van der Waals surface area contributed by atoms with Gasteiger partial charge in [0.25, 0.3) is 5.69 Å². The Bertz CT molecular complexity index is 509. The predicted molar refractivity (Wildman–Crippen MR) is 81.1 cm³/mol. The van der Waals surface area contributed by atoms with Crippen LogP contribution in [0.2, 0.25) is 5.02 Å². The lowest BCUT2D eigenvalue weighted by atomic mass is 9.73. The van der Waals surface area contributed by atoms with Crippen LogP contribution in [0.5, 0.6) is 0 Å². The number of nitro benzene ring substituents is 1. The lowest BCUT2D eigenvalue weighted by Gasteiger charge is -2.43. The molecule has 0 bridgehead atoms. The van der Waals surface area contributed by atoms with Crippen LogP contribution >= 0.6 is 11.6 Å². The van der Waals surface area contributed by atoms with E-state index in [1.54, 1.807) is 6.07 Å². The van der Waals surface area contributed by atoms with Crippen LogP contribution in [-0.2, 0) is 0 Å². The quantitative estimate of drug-likeness (QED) is 0.657. The third-order valence-corrected chi connectivity index (χ3v) is 4.68. The SMILES string of the molecule is CC1CCCCC1(CN)Nc1ccc([N+](=O)[O-])cc1Cl. The molecule has 3 N–H and O–H groups in total. The molecule has 0 heterocycles. The predicted octanol–water partition coefficient (Wildman–Crippen LogP) is 3.57. The summed E-state index contributed by atoms with van der Waals surface area (Å²) >= 11 is 6.15. The number of nitrogens with one attached hydrogen (secondary N) is 1. The maximum atomic E-state index is 10.7. The van der Waals surface area contributed by atoms with Gasteiger partial charge in [-0.25, -0.2) is 0 Å². The first-order chi connectivity index (χ1) is 9.48. The zero-order valence-corrected chi connectivity index (χ0v) is 12.3. The van der Waals surface area contributed by atoms with Crippen molar-refractivity contribution in [3.63, 3.8) is 0 Å². The molecular weight excluding hydrogens is 278 g/mol. The van der Waals surface area contributed by atoms with Gasteiger partial charge in [-0.2, -0.15) is 0 Å². The fraction of sp³-hybridized carbons (Fsp3) is 0.571. The minimum absolute atomic E-state index is 0.000888. The van der Waals surface area contributed by atoms with E-state index in [9.17, 15) is 10.1 Å². The van der Waals surface area contributed by atoms with Crippen molar-refractivity contribution < 1.29 is 4.92 Å². The van der Waals surface area contributed by atoms with E-state index >= 15 is 0 Å². The summed E-state index contributed by atoms with van der Waals surface area (Å²) in [4.78, 5) is 10.3. The zero-order valence-electron chi connectivity index (χ0n) is 11.6. The molecule has 1 aliphatic rings. The Labute approximate surface area is 123 Å². The summed E-state index contributed by atoms with van der Waals surface area (Å²) < 4.78 is 0. The Balaban J connectivity index is 2.25. The van der Waals surface area contributed by atoms with Crippen molar-refractivity contribution in [1.82, 2.24) is 0 Å². The standard InChI is InChI=1S/C14H20ClN3O2/c1-10-4-2-3-7-14(10,9-16)17-13-6-5-11(18(19)20)8-12(13)15/h5-6,8,10,17H,2-4,7,9,16H2,1H3. The third kappa shape index (κ3) is 2.88. The topological polar surface area (TPSA) is 81.2 Å². The molecule has 110 valence electrons. The van der Waals surface area contributed by atoms with Gasteiger partial charge >= 0.3 is 0 Å². The Morgan fingerprint density at radius 3 is 2.85 bits per heavy atom. The van der Waals surface area contributed by atoms with Crippen LogP contribution in [0.15, 0.2) is 18.2 Å². The molecule has 2 rings (SSSR count). The summed E-state index contributed by atoms with van der Waals surface area (Å²) in [6.07, 6.45) is 4.49. The smallest absolute Gasteiger partial charge is 0.271 e. The summed E-state index contributed by atoms with van der Waals surface area (Å²) in [6, 6.07) is 4.51. The Morgan fingerprint density at radius 1 is 1.55 bits per heavy atom. The molecule has 1 aromatic carbocycles. The number of non-ortho nitro benzene ring substituents is 1. The van der Waals surface area contributed by atoms with E-state index in [0.29, 0.717) is 17.5 Å². The van der Waals surface area contributed by atoms with E-state index in [0.717, 1.165) is 24.9 Å². The van der Waals surface area contributed by atoms with Crippen LogP contribution < -0.4 is 11.1 Å². The van der Waals surface area contributed by atoms with Gasteiger partial charge in [-0.3, -0.25) is 10.1 Å². The van der Waals surface area contributed by atoms with E-state index in [2.05, 4.69) is 12.2 Å². The average molecular weight is 298 g/mol. The number of nitrogens with two attached hydrogens (primary N) is 1. The van der Waals surface area contributed by atoms with Crippen molar-refractivity contribution >= 4 is 23.0 Å². The maximum absolute atomic E-state index is 10.7. The first kappa shape index (κ1) is 15.1. The largest absolute Gasteiger partial charge is 0.377 e. The number of rotatable bonds is 4. The molecule has 0 saturated heterocycles. The second kappa shape index (κ2) is 5.97. The highest BCUT2D eigenvalue weighted by molar-refractivity contribution is 6.33. The molecule has 1 aromatic rings. The van der Waals surface area contributed by atoms with Gasteiger partial charge in [0.15, 0.2) is 0 Å². The van der Waals surface area contributed by atoms with E-state index in [1.165, 1.54) is 18.6 Å². The molecule has 0 aliphatic heterocycles. The molecule has 0 amide bonds. The van der Waals surface area contributed by atoms with Crippen molar-refractivity contribution in [3.8, 4) is 0 Å². The number of hydrogen-bond donors (Lipinski definition) is 2. The fourth-order valence-corrected chi connectivity index (χ4v) is 3.16. The zero-order chi connectivity index (χ0) is 14.8. The van der Waals surface area contributed by atoms with Crippen LogP contribution in [-0.4, -0.2) is 17.0 Å². The van der Waals surface area contributed by atoms with Crippen LogP contribution in [0.3, 0.4) is 0 Å². The van der Waals surface area contributed by atoms with E-state index < -0.39 is 4.92 Å². The number of hydrogen-bond acceptors (Lipinski definition) is 4. The molecule has 1 fully saturated rings. The molecule has 6 heteroatoms. The van der Waals surface area contributed by atoms with Crippen molar-refractivity contribution in [3.05, 3.63) is 33.3 Å². The number of anilines is 1. The normalized spacial score (nSPS) is 26.2. The maximum Gasteiger partial charge on any atom is 0.271 e. The molecule has 0 aromatic heterocycles. The molecule has 0 spiro atoms. The molecule has 2 atom stereocenters. The first-order valence-corrected chi connectivity index (χ1v) is 7.28. The second-order valence-corrected chi connectivity index (χ2v) is 5.96. The minimum atomic E-state index is -0.447. The molecule has 2 unspecified atom stereocenters. The molecule has 1 aliphatic carbocycles. The highest BCUT2D eigenvalue weighted by Crippen LogP contribution is 2.38. The van der Waals surface area contributed by atoms with Gasteiger partial charge in [-0.1, -0.05) is 31.4 Å². The van der Waals surface area contributed by atoms with Gasteiger partial charge < -0.3 is 11.1 Å². The third-order valence-electron chi connectivity index (χ3n) is 4.36. The lowest BCUT2D eigenvalue weighted by molar-refractivity contribution is -0.384. The van der Waals surface area contributed by atoms with Crippen LogP contribution in [0.1, 0.15) is 32.6 Å². The monoisotopic (exact) mass is 297 g/mol. The van der Waals surface area contributed by atoms with Crippen molar-refractivity contribution in [2.45, 2.75) is 38.1 Å². The fourth-order valence-electron chi connectivity index (χ4n) is 2.94. The summed E-state index contributed by atoms with van der Waals surface area (Å²) in [5, 5.41) is 14.5. The van der Waals surface area contributed by atoms with Gasteiger partial charge in [0.05, 0.1) is 21.2 Å². The minimum Gasteiger partial charge on any atom is -0.377 e. The van der Waals surface area contributed by atoms with Gasteiger partial charge in [-0.05, 0) is 24.8 Å². The molecule has 0 radical (unpaired) electrons. The van der Waals surface area contributed by atoms with Gasteiger partial charge in [0.2, 0.25) is 0 Å². The number of nitrogens with zero attached hydrogens (tertiary/aromatic N) is 1. The summed E-state index contributed by atoms with van der Waals surface area (Å²) in [5.74, 6) is 0.451. The molecule has 1 saturated carbocycles. The number of benzene rings is 1. The average Bonchev–Trinajstić information content (AvgIpc) is 2.43. The van der Waals surface area contributed by atoms with E-state index in [-0.39, 0.29) is 11.2 Å². The highest BCUT2D eigenvalue weighted by atomic mass is 35.5.